The standard InChI is InChI=1S/C8H12N4/c1-5-6(2)12-8-7(11-5)3-9-4-10-8/h3-6,11H,1-2H3,(H,9,10,12). The molecule has 0 saturated heterocycles. The molecule has 0 spiro atoms. The van der Waals surface area contributed by atoms with Crippen LogP contribution in [-0.4, -0.2) is 22.1 Å². The van der Waals surface area contributed by atoms with Crippen molar-refractivity contribution in [1.29, 1.82) is 0 Å². The number of hydrogen-bond donors (Lipinski definition) is 2. The number of nitrogens with zero attached hydrogens (tertiary/aromatic N) is 2. The van der Waals surface area contributed by atoms with Crippen molar-refractivity contribution >= 4 is 11.5 Å². The lowest BCUT2D eigenvalue weighted by Gasteiger charge is -2.30. The Bertz CT molecular complexity index is 257. The molecule has 4 heteroatoms. The molecule has 0 fully saturated rings. The van der Waals surface area contributed by atoms with Crippen LogP contribution in [0.5, 0.6) is 0 Å². The normalized spacial score (nSPS) is 26.8. The van der Waals surface area contributed by atoms with Gasteiger partial charge in [0.15, 0.2) is 5.82 Å². The van der Waals surface area contributed by atoms with Crippen LogP contribution in [0.2, 0.25) is 0 Å². The molecule has 0 bridgehead atoms. The molecule has 0 amide bonds. The fraction of sp³-hybridized carbons (Fsp3) is 0.500. The Morgan fingerprint density at radius 1 is 1.25 bits per heavy atom. The number of rotatable bonds is 0. The quantitative estimate of drug-likeness (QED) is 0.602. The average molecular weight is 164 g/mol. The van der Waals surface area contributed by atoms with Gasteiger partial charge >= 0.3 is 0 Å². The summed E-state index contributed by atoms with van der Waals surface area (Å²) < 4.78 is 0. The maximum atomic E-state index is 4.12. The molecular weight excluding hydrogens is 152 g/mol. The molecule has 2 N–H and O–H groups in total. The van der Waals surface area contributed by atoms with Gasteiger partial charge in [-0.05, 0) is 13.8 Å². The number of hydrogen-bond acceptors (Lipinski definition) is 4. The van der Waals surface area contributed by atoms with E-state index in [1.54, 1.807) is 12.5 Å². The van der Waals surface area contributed by atoms with Crippen LogP contribution in [0.4, 0.5) is 11.5 Å². The molecule has 2 unspecified atom stereocenters. The van der Waals surface area contributed by atoms with E-state index in [2.05, 4.69) is 34.4 Å². The van der Waals surface area contributed by atoms with Gasteiger partial charge in [0.2, 0.25) is 0 Å². The summed E-state index contributed by atoms with van der Waals surface area (Å²) in [6.07, 6.45) is 3.34. The van der Waals surface area contributed by atoms with Gasteiger partial charge < -0.3 is 10.6 Å². The van der Waals surface area contributed by atoms with Crippen molar-refractivity contribution in [2.45, 2.75) is 25.9 Å². The van der Waals surface area contributed by atoms with E-state index in [0.29, 0.717) is 12.1 Å². The summed E-state index contributed by atoms with van der Waals surface area (Å²) in [7, 11) is 0. The van der Waals surface area contributed by atoms with Crippen LogP contribution in [0.1, 0.15) is 13.8 Å². The van der Waals surface area contributed by atoms with Crippen LogP contribution in [0.25, 0.3) is 0 Å². The van der Waals surface area contributed by atoms with E-state index in [-0.39, 0.29) is 0 Å². The molecule has 0 radical (unpaired) electrons. The topological polar surface area (TPSA) is 49.8 Å². The molecule has 1 aromatic heterocycles. The molecule has 12 heavy (non-hydrogen) atoms. The lowest BCUT2D eigenvalue weighted by Crippen LogP contribution is -2.39. The minimum Gasteiger partial charge on any atom is -0.376 e. The van der Waals surface area contributed by atoms with E-state index in [1.807, 2.05) is 0 Å². The summed E-state index contributed by atoms with van der Waals surface area (Å²) in [4.78, 5) is 8.06. The van der Waals surface area contributed by atoms with Crippen LogP contribution in [0.3, 0.4) is 0 Å². The zero-order valence-corrected chi connectivity index (χ0v) is 7.20. The van der Waals surface area contributed by atoms with Crippen LogP contribution in [0.15, 0.2) is 12.5 Å². The van der Waals surface area contributed by atoms with Crippen molar-refractivity contribution in [2.24, 2.45) is 0 Å². The summed E-state index contributed by atoms with van der Waals surface area (Å²) in [5.41, 5.74) is 0.989. The Balaban J connectivity index is 2.34. The van der Waals surface area contributed by atoms with Crippen LogP contribution in [0, 0.1) is 0 Å². The third-order valence-corrected chi connectivity index (χ3v) is 2.21. The summed E-state index contributed by atoms with van der Waals surface area (Å²) in [5.74, 6) is 0.899. The first-order chi connectivity index (χ1) is 5.77. The highest BCUT2D eigenvalue weighted by atomic mass is 15.2. The van der Waals surface area contributed by atoms with Gasteiger partial charge in [0, 0.05) is 12.1 Å². The third kappa shape index (κ3) is 1.09. The van der Waals surface area contributed by atoms with Gasteiger partial charge in [0.25, 0.3) is 0 Å². The smallest absolute Gasteiger partial charge is 0.153 e. The lowest BCUT2D eigenvalue weighted by atomic mass is 10.1. The zero-order valence-electron chi connectivity index (χ0n) is 7.20. The predicted octanol–water partition coefficient (Wildman–Crippen LogP) is 1.09. The van der Waals surface area contributed by atoms with Crippen molar-refractivity contribution < 1.29 is 0 Å². The molecule has 1 aromatic rings. The molecule has 64 valence electrons. The molecule has 0 aromatic carbocycles. The summed E-state index contributed by atoms with van der Waals surface area (Å²) in [6, 6.07) is 0.830. The summed E-state index contributed by atoms with van der Waals surface area (Å²) in [6.45, 7) is 4.26. The van der Waals surface area contributed by atoms with Gasteiger partial charge in [-0.1, -0.05) is 0 Å². The fourth-order valence-electron chi connectivity index (χ4n) is 1.26. The molecule has 1 aliphatic rings. The first-order valence-electron chi connectivity index (χ1n) is 4.10. The zero-order chi connectivity index (χ0) is 8.55. The van der Waals surface area contributed by atoms with Gasteiger partial charge in [-0.15, -0.1) is 0 Å². The first kappa shape index (κ1) is 7.34. The minimum atomic E-state index is 0.410. The second-order valence-corrected chi connectivity index (χ2v) is 3.15. The van der Waals surface area contributed by atoms with Crippen LogP contribution in [-0.2, 0) is 0 Å². The van der Waals surface area contributed by atoms with E-state index >= 15 is 0 Å². The molecular formula is C8H12N4. The second kappa shape index (κ2) is 2.62. The van der Waals surface area contributed by atoms with E-state index in [0.717, 1.165) is 11.5 Å². The molecule has 2 heterocycles. The monoisotopic (exact) mass is 164 g/mol. The second-order valence-electron chi connectivity index (χ2n) is 3.15. The Labute approximate surface area is 71.4 Å². The third-order valence-electron chi connectivity index (χ3n) is 2.21. The highest BCUT2D eigenvalue weighted by Gasteiger charge is 2.20. The van der Waals surface area contributed by atoms with E-state index in [4.69, 9.17) is 0 Å². The maximum absolute atomic E-state index is 4.12. The Kier molecular flexibility index (Phi) is 1.60. The van der Waals surface area contributed by atoms with Gasteiger partial charge in [-0.25, -0.2) is 9.97 Å². The number of aromatic nitrogens is 2. The molecule has 1 aliphatic heterocycles. The van der Waals surface area contributed by atoms with Crippen molar-refractivity contribution in [3.05, 3.63) is 12.5 Å². The molecule has 0 saturated carbocycles. The van der Waals surface area contributed by atoms with Crippen molar-refractivity contribution in [2.75, 3.05) is 10.6 Å². The van der Waals surface area contributed by atoms with Crippen LogP contribution < -0.4 is 10.6 Å². The minimum absolute atomic E-state index is 0.410. The highest BCUT2D eigenvalue weighted by molar-refractivity contribution is 5.66. The number of anilines is 2. The van der Waals surface area contributed by atoms with Gasteiger partial charge in [-0.3, -0.25) is 0 Å². The Morgan fingerprint density at radius 3 is 2.83 bits per heavy atom. The fourth-order valence-corrected chi connectivity index (χ4v) is 1.26. The van der Waals surface area contributed by atoms with Crippen LogP contribution >= 0.6 is 0 Å². The predicted molar refractivity (Wildman–Crippen MR) is 48.2 cm³/mol. The number of fused-ring (bicyclic) bond motifs is 1. The Morgan fingerprint density at radius 2 is 2.00 bits per heavy atom. The van der Waals surface area contributed by atoms with Gasteiger partial charge in [-0.2, -0.15) is 0 Å². The first-order valence-corrected chi connectivity index (χ1v) is 4.10. The molecule has 2 atom stereocenters. The van der Waals surface area contributed by atoms with E-state index in [1.165, 1.54) is 0 Å². The SMILES string of the molecule is CC1Nc2cncnc2NC1C. The van der Waals surface area contributed by atoms with Crippen molar-refractivity contribution in [1.82, 2.24) is 9.97 Å². The number of nitrogens with one attached hydrogen (secondary N) is 2. The molecule has 4 nitrogen and oxygen atoms in total. The summed E-state index contributed by atoms with van der Waals surface area (Å²) >= 11 is 0. The largest absolute Gasteiger partial charge is 0.376 e. The highest BCUT2D eigenvalue weighted by Crippen LogP contribution is 2.24. The van der Waals surface area contributed by atoms with Gasteiger partial charge in [0.1, 0.15) is 6.33 Å². The van der Waals surface area contributed by atoms with E-state index in [9.17, 15) is 0 Å². The van der Waals surface area contributed by atoms with Crippen molar-refractivity contribution in [3.63, 3.8) is 0 Å². The Hall–Kier alpha value is -1.32. The summed E-state index contributed by atoms with van der Waals surface area (Å²) in [5, 5.41) is 6.62. The average Bonchev–Trinajstić information content (AvgIpc) is 2.07. The molecule has 2 rings (SSSR count). The maximum Gasteiger partial charge on any atom is 0.153 e. The van der Waals surface area contributed by atoms with E-state index < -0.39 is 0 Å². The molecule has 0 aliphatic carbocycles. The van der Waals surface area contributed by atoms with Gasteiger partial charge in [0.05, 0.1) is 11.9 Å². The van der Waals surface area contributed by atoms with Crippen molar-refractivity contribution in [3.8, 4) is 0 Å². The lowest BCUT2D eigenvalue weighted by molar-refractivity contribution is 0.657.